The van der Waals surface area contributed by atoms with E-state index in [1.165, 1.54) is 0 Å². The number of benzene rings is 1. The molecular formula is C15H19N3O2. The van der Waals surface area contributed by atoms with Gasteiger partial charge in [0.05, 0.1) is 0 Å². The summed E-state index contributed by atoms with van der Waals surface area (Å²) in [7, 11) is 3.51. The maximum Gasteiger partial charge on any atom is 0.226 e. The summed E-state index contributed by atoms with van der Waals surface area (Å²) in [4.78, 5) is 17.4. The predicted molar refractivity (Wildman–Crippen MR) is 76.1 cm³/mol. The zero-order valence-corrected chi connectivity index (χ0v) is 12.1. The minimum atomic E-state index is 0.114. The standard InChI is InChI=1S/C15H19N3O2/c1-11-6-4-7-12(10-11)15-16-13(20-17-15)8-5-9-14(19)18(2)3/h4,6-7,10H,5,8-9H2,1-3H3. The molecule has 0 aliphatic heterocycles. The molecule has 5 nitrogen and oxygen atoms in total. The van der Waals surface area contributed by atoms with Gasteiger partial charge in [-0.1, -0.05) is 28.9 Å². The van der Waals surface area contributed by atoms with E-state index in [4.69, 9.17) is 4.52 Å². The normalized spacial score (nSPS) is 10.6. The molecule has 0 saturated heterocycles. The third kappa shape index (κ3) is 3.66. The maximum absolute atomic E-state index is 11.5. The molecule has 0 bridgehead atoms. The Morgan fingerprint density at radius 1 is 1.35 bits per heavy atom. The van der Waals surface area contributed by atoms with Crippen LogP contribution in [0.5, 0.6) is 0 Å². The number of hydrogen-bond acceptors (Lipinski definition) is 4. The lowest BCUT2D eigenvalue weighted by Gasteiger charge is -2.08. The molecule has 0 atom stereocenters. The van der Waals surface area contributed by atoms with Crippen LogP contribution in [0.25, 0.3) is 11.4 Å². The van der Waals surface area contributed by atoms with Gasteiger partial charge < -0.3 is 9.42 Å². The highest BCUT2D eigenvalue weighted by Crippen LogP contribution is 2.17. The van der Waals surface area contributed by atoms with Crippen molar-refractivity contribution in [3.63, 3.8) is 0 Å². The van der Waals surface area contributed by atoms with E-state index in [9.17, 15) is 4.79 Å². The molecule has 2 aromatic rings. The molecule has 0 aliphatic carbocycles. The Hall–Kier alpha value is -2.17. The Kier molecular flexibility index (Phi) is 4.50. The van der Waals surface area contributed by atoms with Crippen LogP contribution in [0.3, 0.4) is 0 Å². The zero-order chi connectivity index (χ0) is 14.5. The Morgan fingerprint density at radius 2 is 2.15 bits per heavy atom. The van der Waals surface area contributed by atoms with Gasteiger partial charge in [0.15, 0.2) is 0 Å². The first-order valence-electron chi connectivity index (χ1n) is 6.66. The van der Waals surface area contributed by atoms with Crippen LogP contribution in [0, 0.1) is 6.92 Å². The highest BCUT2D eigenvalue weighted by molar-refractivity contribution is 5.75. The monoisotopic (exact) mass is 273 g/mol. The topological polar surface area (TPSA) is 59.2 Å². The van der Waals surface area contributed by atoms with Gasteiger partial charge in [0.25, 0.3) is 0 Å². The van der Waals surface area contributed by atoms with E-state index >= 15 is 0 Å². The Morgan fingerprint density at radius 3 is 2.85 bits per heavy atom. The van der Waals surface area contributed by atoms with Gasteiger partial charge in [-0.25, -0.2) is 0 Å². The number of carbonyl (C=O) groups is 1. The summed E-state index contributed by atoms with van der Waals surface area (Å²) in [6, 6.07) is 7.97. The van der Waals surface area contributed by atoms with Crippen molar-refractivity contribution >= 4 is 5.91 Å². The molecule has 20 heavy (non-hydrogen) atoms. The minimum absolute atomic E-state index is 0.114. The maximum atomic E-state index is 11.5. The SMILES string of the molecule is Cc1cccc(-c2noc(CCCC(=O)N(C)C)n2)c1. The lowest BCUT2D eigenvalue weighted by atomic mass is 10.1. The van der Waals surface area contributed by atoms with Gasteiger partial charge in [-0.3, -0.25) is 4.79 Å². The molecule has 0 fully saturated rings. The van der Waals surface area contributed by atoms with Crippen LogP contribution in [0.2, 0.25) is 0 Å². The smallest absolute Gasteiger partial charge is 0.226 e. The minimum Gasteiger partial charge on any atom is -0.349 e. The molecule has 5 heteroatoms. The van der Waals surface area contributed by atoms with Crippen LogP contribution in [0.1, 0.15) is 24.3 Å². The average Bonchev–Trinajstić information content (AvgIpc) is 2.87. The number of nitrogens with zero attached hydrogens (tertiary/aromatic N) is 3. The fraction of sp³-hybridized carbons (Fsp3) is 0.400. The second-order valence-electron chi connectivity index (χ2n) is 5.02. The lowest BCUT2D eigenvalue weighted by Crippen LogP contribution is -2.21. The molecule has 106 valence electrons. The molecule has 0 aliphatic rings. The molecular weight excluding hydrogens is 254 g/mol. The van der Waals surface area contributed by atoms with Crippen molar-refractivity contribution in [2.45, 2.75) is 26.2 Å². The second kappa shape index (κ2) is 6.32. The molecule has 0 spiro atoms. The molecule has 0 saturated carbocycles. The predicted octanol–water partition coefficient (Wildman–Crippen LogP) is 2.46. The van der Waals surface area contributed by atoms with Crippen molar-refractivity contribution in [1.29, 1.82) is 0 Å². The third-order valence-electron chi connectivity index (χ3n) is 3.02. The summed E-state index contributed by atoms with van der Waals surface area (Å²) in [6.45, 7) is 2.03. The van der Waals surface area contributed by atoms with Crippen molar-refractivity contribution in [3.8, 4) is 11.4 Å². The van der Waals surface area contributed by atoms with Crippen LogP contribution in [0.15, 0.2) is 28.8 Å². The molecule has 1 aromatic heterocycles. The number of rotatable bonds is 5. The van der Waals surface area contributed by atoms with E-state index < -0.39 is 0 Å². The van der Waals surface area contributed by atoms with Gasteiger partial charge in [0.1, 0.15) is 0 Å². The highest BCUT2D eigenvalue weighted by Gasteiger charge is 2.10. The van der Waals surface area contributed by atoms with E-state index in [-0.39, 0.29) is 5.91 Å². The van der Waals surface area contributed by atoms with E-state index in [0.717, 1.165) is 11.1 Å². The number of hydrogen-bond donors (Lipinski definition) is 0. The van der Waals surface area contributed by atoms with Gasteiger partial charge in [-0.2, -0.15) is 4.98 Å². The summed E-state index contributed by atoms with van der Waals surface area (Å²) < 4.78 is 5.22. The van der Waals surface area contributed by atoms with Gasteiger partial charge in [0, 0.05) is 32.5 Å². The van der Waals surface area contributed by atoms with Crippen molar-refractivity contribution in [2.24, 2.45) is 0 Å². The van der Waals surface area contributed by atoms with Crippen molar-refractivity contribution in [1.82, 2.24) is 15.0 Å². The fourth-order valence-corrected chi connectivity index (χ4v) is 1.87. The van der Waals surface area contributed by atoms with E-state index in [2.05, 4.69) is 10.1 Å². The van der Waals surface area contributed by atoms with Gasteiger partial charge in [-0.05, 0) is 19.4 Å². The molecule has 1 aromatic carbocycles. The summed E-state index contributed by atoms with van der Waals surface area (Å²) in [5.74, 6) is 1.29. The summed E-state index contributed by atoms with van der Waals surface area (Å²) >= 11 is 0. The first kappa shape index (κ1) is 14.2. The molecule has 0 unspecified atom stereocenters. The van der Waals surface area contributed by atoms with Gasteiger partial charge >= 0.3 is 0 Å². The van der Waals surface area contributed by atoms with Crippen LogP contribution in [-0.4, -0.2) is 35.0 Å². The molecule has 1 heterocycles. The number of aromatic nitrogens is 2. The number of aryl methyl sites for hydroxylation is 2. The van der Waals surface area contributed by atoms with E-state index in [1.807, 2.05) is 31.2 Å². The highest BCUT2D eigenvalue weighted by atomic mass is 16.5. The third-order valence-corrected chi connectivity index (χ3v) is 3.02. The fourth-order valence-electron chi connectivity index (χ4n) is 1.87. The van der Waals surface area contributed by atoms with Crippen LogP contribution in [-0.2, 0) is 11.2 Å². The van der Waals surface area contributed by atoms with Crippen LogP contribution in [0.4, 0.5) is 0 Å². The molecule has 1 amide bonds. The van der Waals surface area contributed by atoms with Gasteiger partial charge in [0.2, 0.25) is 17.6 Å². The Bertz CT molecular complexity index is 590. The van der Waals surface area contributed by atoms with Crippen molar-refractivity contribution < 1.29 is 9.32 Å². The van der Waals surface area contributed by atoms with Crippen molar-refractivity contribution in [3.05, 3.63) is 35.7 Å². The first-order valence-corrected chi connectivity index (χ1v) is 6.66. The quantitative estimate of drug-likeness (QED) is 0.839. The molecule has 2 rings (SSSR count). The summed E-state index contributed by atoms with van der Waals surface area (Å²) in [5.41, 5.74) is 2.11. The second-order valence-corrected chi connectivity index (χ2v) is 5.02. The molecule has 0 radical (unpaired) electrons. The average molecular weight is 273 g/mol. The number of carbonyl (C=O) groups excluding carboxylic acids is 1. The van der Waals surface area contributed by atoms with E-state index in [1.54, 1.807) is 19.0 Å². The van der Waals surface area contributed by atoms with Crippen LogP contribution >= 0.6 is 0 Å². The van der Waals surface area contributed by atoms with Crippen molar-refractivity contribution in [2.75, 3.05) is 14.1 Å². The van der Waals surface area contributed by atoms with E-state index in [0.29, 0.717) is 31.0 Å². The zero-order valence-electron chi connectivity index (χ0n) is 12.1. The van der Waals surface area contributed by atoms with Gasteiger partial charge in [-0.15, -0.1) is 0 Å². The lowest BCUT2D eigenvalue weighted by molar-refractivity contribution is -0.128. The summed E-state index contributed by atoms with van der Waals surface area (Å²) in [6.07, 6.45) is 1.83. The molecule has 0 N–H and O–H groups in total. The van der Waals surface area contributed by atoms with Crippen LogP contribution < -0.4 is 0 Å². The Balaban J connectivity index is 1.94. The first-order chi connectivity index (χ1) is 9.56. The Labute approximate surface area is 118 Å². The number of amides is 1. The largest absolute Gasteiger partial charge is 0.349 e. The summed E-state index contributed by atoms with van der Waals surface area (Å²) in [5, 5.41) is 3.98.